The highest BCUT2D eigenvalue weighted by atomic mass is 32.2. The van der Waals surface area contributed by atoms with Crippen molar-refractivity contribution >= 4 is 40.7 Å². The summed E-state index contributed by atoms with van der Waals surface area (Å²) in [5.74, 6) is -0.952. The second-order valence-corrected chi connectivity index (χ2v) is 7.62. The average molecular weight is 429 g/mol. The van der Waals surface area contributed by atoms with E-state index in [0.29, 0.717) is 29.1 Å². The summed E-state index contributed by atoms with van der Waals surface area (Å²) in [6.45, 7) is 1.82. The minimum atomic E-state index is -2.59. The monoisotopic (exact) mass is 429 g/mol. The Labute approximate surface area is 177 Å². The van der Waals surface area contributed by atoms with E-state index >= 15 is 0 Å². The fourth-order valence-electron chi connectivity index (χ4n) is 2.68. The Morgan fingerprint density at radius 2 is 1.70 bits per heavy atom. The molecule has 6 nitrogen and oxygen atoms in total. The van der Waals surface area contributed by atoms with Crippen molar-refractivity contribution in [2.24, 2.45) is 0 Å². The van der Waals surface area contributed by atoms with Gasteiger partial charge in [-0.25, -0.2) is 9.97 Å². The predicted octanol–water partition coefficient (Wildman–Crippen LogP) is 5.16. The normalized spacial score (nSPS) is 10.7. The molecule has 2 N–H and O–H groups in total. The molecule has 0 bridgehead atoms. The smallest absolute Gasteiger partial charge is 0.288 e. The minimum absolute atomic E-state index is 0.206. The van der Waals surface area contributed by atoms with Gasteiger partial charge in [0.15, 0.2) is 0 Å². The number of nitrogens with zero attached hydrogens (tertiary/aromatic N) is 3. The van der Waals surface area contributed by atoms with Gasteiger partial charge in [-0.2, -0.15) is 8.78 Å². The molecule has 9 heteroatoms. The molecular weight excluding hydrogens is 408 g/mol. The molecule has 0 fully saturated rings. The predicted molar refractivity (Wildman–Crippen MR) is 117 cm³/mol. The van der Waals surface area contributed by atoms with Gasteiger partial charge in [-0.3, -0.25) is 4.79 Å². The first-order valence-electron chi connectivity index (χ1n) is 9.07. The van der Waals surface area contributed by atoms with Crippen LogP contribution in [0.1, 0.15) is 16.2 Å². The van der Waals surface area contributed by atoms with Gasteiger partial charge >= 0.3 is 0 Å². The summed E-state index contributed by atoms with van der Waals surface area (Å²) in [5.41, 5.74) is 1.54. The average Bonchev–Trinajstić information content (AvgIpc) is 2.69. The van der Waals surface area contributed by atoms with E-state index in [-0.39, 0.29) is 10.5 Å². The minimum Gasteiger partial charge on any atom is -0.363 e. The van der Waals surface area contributed by atoms with E-state index in [9.17, 15) is 13.6 Å². The molecule has 1 aromatic heterocycles. The van der Waals surface area contributed by atoms with Gasteiger partial charge in [0.25, 0.3) is 11.7 Å². The molecule has 0 aliphatic heterocycles. The number of hydrogen-bond acceptors (Lipinski definition) is 6. The number of nitrogens with one attached hydrogen (secondary N) is 2. The van der Waals surface area contributed by atoms with Crippen LogP contribution < -0.4 is 15.5 Å². The molecule has 0 saturated heterocycles. The lowest BCUT2D eigenvalue weighted by Crippen LogP contribution is -2.13. The fraction of sp³-hybridized carbons (Fsp3) is 0.190. The van der Waals surface area contributed by atoms with E-state index in [4.69, 9.17) is 0 Å². The first-order valence-corrected chi connectivity index (χ1v) is 9.95. The third kappa shape index (κ3) is 5.66. The number of carbonyl (C=O) groups excluding carboxylic acids is 1. The maximum absolute atomic E-state index is 12.7. The standard InChI is InChI=1S/C21H21F2N5OS/c1-13-24-18(12-19(25-13)28(2)3)26-14-8-10-15(11-9-14)27-20(29)16-6-4-5-7-17(16)30-21(22)23/h4-12,21H,1-3H3,(H,27,29)(H,24,25,26). The summed E-state index contributed by atoms with van der Waals surface area (Å²) >= 11 is 0.352. The number of halogens is 2. The number of anilines is 4. The largest absolute Gasteiger partial charge is 0.363 e. The highest BCUT2D eigenvalue weighted by Crippen LogP contribution is 2.29. The summed E-state index contributed by atoms with van der Waals surface area (Å²) in [7, 11) is 3.81. The van der Waals surface area contributed by atoms with Gasteiger partial charge in [0, 0.05) is 36.4 Å². The van der Waals surface area contributed by atoms with Crippen LogP contribution in [0.5, 0.6) is 0 Å². The molecule has 3 aromatic rings. The number of aromatic nitrogens is 2. The van der Waals surface area contributed by atoms with Crippen molar-refractivity contribution in [1.29, 1.82) is 0 Å². The topological polar surface area (TPSA) is 70.2 Å². The molecule has 0 aliphatic rings. The zero-order valence-corrected chi connectivity index (χ0v) is 17.5. The van der Waals surface area contributed by atoms with Gasteiger partial charge in [0.1, 0.15) is 17.5 Å². The third-order valence-electron chi connectivity index (χ3n) is 4.05. The number of aryl methyl sites for hydroxylation is 1. The molecule has 1 heterocycles. The number of amides is 1. The number of alkyl halides is 2. The van der Waals surface area contributed by atoms with Gasteiger partial charge in [0.05, 0.1) is 5.56 Å². The van der Waals surface area contributed by atoms with Crippen LogP contribution in [-0.4, -0.2) is 35.7 Å². The molecule has 0 atom stereocenters. The van der Waals surface area contributed by atoms with Gasteiger partial charge in [0.2, 0.25) is 0 Å². The summed E-state index contributed by atoms with van der Waals surface area (Å²) in [5, 5.41) is 5.94. The summed E-state index contributed by atoms with van der Waals surface area (Å²) in [4.78, 5) is 23.4. The molecule has 3 rings (SSSR count). The quantitative estimate of drug-likeness (QED) is 0.506. The number of thioether (sulfide) groups is 1. The summed E-state index contributed by atoms with van der Waals surface area (Å²) in [6.07, 6.45) is 0. The Hall–Kier alpha value is -3.20. The second-order valence-electron chi connectivity index (χ2n) is 6.58. The van der Waals surface area contributed by atoms with Crippen LogP contribution in [-0.2, 0) is 0 Å². The zero-order valence-electron chi connectivity index (χ0n) is 16.7. The highest BCUT2D eigenvalue weighted by Gasteiger charge is 2.15. The van der Waals surface area contributed by atoms with Crippen molar-refractivity contribution in [1.82, 2.24) is 9.97 Å². The van der Waals surface area contributed by atoms with E-state index in [1.807, 2.05) is 32.0 Å². The maximum Gasteiger partial charge on any atom is 0.288 e. The first kappa shape index (κ1) is 21.5. The van der Waals surface area contributed by atoms with Crippen molar-refractivity contribution in [3.8, 4) is 0 Å². The Morgan fingerprint density at radius 3 is 2.37 bits per heavy atom. The van der Waals surface area contributed by atoms with Crippen molar-refractivity contribution in [3.63, 3.8) is 0 Å². The first-order chi connectivity index (χ1) is 14.3. The van der Waals surface area contributed by atoms with E-state index in [1.54, 1.807) is 36.4 Å². The van der Waals surface area contributed by atoms with Crippen LogP contribution in [0.25, 0.3) is 0 Å². The molecule has 0 unspecified atom stereocenters. The molecule has 0 spiro atoms. The van der Waals surface area contributed by atoms with E-state index in [1.165, 1.54) is 12.1 Å². The molecular formula is C21H21F2N5OS. The number of benzene rings is 2. The van der Waals surface area contributed by atoms with Gasteiger partial charge < -0.3 is 15.5 Å². The lowest BCUT2D eigenvalue weighted by molar-refractivity contribution is 0.102. The van der Waals surface area contributed by atoms with Crippen LogP contribution in [0.15, 0.2) is 59.5 Å². The number of carbonyl (C=O) groups is 1. The van der Waals surface area contributed by atoms with Crippen LogP contribution >= 0.6 is 11.8 Å². The molecule has 1 amide bonds. The fourth-order valence-corrected chi connectivity index (χ4v) is 3.32. The van der Waals surface area contributed by atoms with Crippen molar-refractivity contribution < 1.29 is 13.6 Å². The SMILES string of the molecule is Cc1nc(Nc2ccc(NC(=O)c3ccccc3SC(F)F)cc2)cc(N(C)C)n1. The Kier molecular flexibility index (Phi) is 6.83. The molecule has 2 aromatic carbocycles. The molecule has 0 saturated carbocycles. The Bertz CT molecular complexity index is 1030. The third-order valence-corrected chi connectivity index (χ3v) is 4.83. The zero-order chi connectivity index (χ0) is 21.7. The van der Waals surface area contributed by atoms with Crippen LogP contribution in [0.3, 0.4) is 0 Å². The van der Waals surface area contributed by atoms with Crippen molar-refractivity contribution in [2.45, 2.75) is 17.6 Å². The van der Waals surface area contributed by atoms with E-state index < -0.39 is 11.7 Å². The van der Waals surface area contributed by atoms with Crippen molar-refractivity contribution in [3.05, 3.63) is 66.0 Å². The lowest BCUT2D eigenvalue weighted by Gasteiger charge is -2.14. The summed E-state index contributed by atoms with van der Waals surface area (Å²) < 4.78 is 25.4. The van der Waals surface area contributed by atoms with Crippen LogP contribution in [0, 0.1) is 6.92 Å². The maximum atomic E-state index is 12.7. The highest BCUT2D eigenvalue weighted by molar-refractivity contribution is 7.99. The molecule has 156 valence electrons. The second kappa shape index (κ2) is 9.53. The number of hydrogen-bond donors (Lipinski definition) is 2. The van der Waals surface area contributed by atoms with Crippen molar-refractivity contribution in [2.75, 3.05) is 29.6 Å². The Balaban J connectivity index is 1.70. The van der Waals surface area contributed by atoms with E-state index in [0.717, 1.165) is 11.5 Å². The molecule has 0 aliphatic carbocycles. The van der Waals surface area contributed by atoms with Gasteiger partial charge in [-0.1, -0.05) is 23.9 Å². The Morgan fingerprint density at radius 1 is 1.03 bits per heavy atom. The van der Waals surface area contributed by atoms with Gasteiger partial charge in [-0.15, -0.1) is 0 Å². The van der Waals surface area contributed by atoms with Crippen LogP contribution in [0.4, 0.5) is 31.8 Å². The summed E-state index contributed by atoms with van der Waals surface area (Å²) in [6, 6.07) is 15.2. The molecule has 0 radical (unpaired) electrons. The lowest BCUT2D eigenvalue weighted by atomic mass is 10.2. The number of rotatable bonds is 7. The van der Waals surface area contributed by atoms with Crippen LogP contribution in [0.2, 0.25) is 0 Å². The molecule has 30 heavy (non-hydrogen) atoms. The van der Waals surface area contributed by atoms with Gasteiger partial charge in [-0.05, 0) is 43.3 Å². The van der Waals surface area contributed by atoms with E-state index in [2.05, 4.69) is 20.6 Å².